The number of amides is 1. The summed E-state index contributed by atoms with van der Waals surface area (Å²) < 4.78 is 40.1. The number of hydrogen-bond donors (Lipinski definition) is 1. The average molecular weight is 371 g/mol. The van der Waals surface area contributed by atoms with Gasteiger partial charge in [0.25, 0.3) is 11.3 Å². The van der Waals surface area contributed by atoms with E-state index in [4.69, 9.17) is 0 Å². The van der Waals surface area contributed by atoms with Crippen LogP contribution in [0.5, 0.6) is 0 Å². The molecule has 142 valence electrons. The monoisotopic (exact) mass is 371 g/mol. The lowest BCUT2D eigenvalue weighted by atomic mass is 9.87. The van der Waals surface area contributed by atoms with Crippen LogP contribution < -0.4 is 10.9 Å². The molecule has 2 heterocycles. The molecule has 0 aromatic carbocycles. The molecule has 0 saturated heterocycles. The van der Waals surface area contributed by atoms with Crippen molar-refractivity contribution in [2.45, 2.75) is 51.2 Å². The van der Waals surface area contributed by atoms with Gasteiger partial charge in [0, 0.05) is 12.6 Å². The standard InChI is InChI=1S/C16H20F3N5O2/c17-16(18,19)12-8-14(26)24-15(22-12)21-10-23(24)9-13(25)20-7-6-11-4-2-1-3-5-11/h8,10-11H,1-7,9H2,(H,20,25). The number of hydrogen-bond acceptors (Lipinski definition) is 4. The van der Waals surface area contributed by atoms with Gasteiger partial charge in [0.2, 0.25) is 5.91 Å². The van der Waals surface area contributed by atoms with Crippen LogP contribution >= 0.6 is 0 Å². The molecular formula is C16H20F3N5O2. The largest absolute Gasteiger partial charge is 0.433 e. The number of alkyl halides is 3. The minimum Gasteiger partial charge on any atom is -0.354 e. The first-order chi connectivity index (χ1) is 12.3. The van der Waals surface area contributed by atoms with E-state index in [1.165, 1.54) is 32.1 Å². The molecule has 2 aromatic heterocycles. The Balaban J connectivity index is 1.63. The highest BCUT2D eigenvalue weighted by atomic mass is 19.4. The summed E-state index contributed by atoms with van der Waals surface area (Å²) in [5.41, 5.74) is -2.24. The van der Waals surface area contributed by atoms with Crippen LogP contribution in [0.4, 0.5) is 13.2 Å². The molecule has 1 saturated carbocycles. The summed E-state index contributed by atoms with van der Waals surface area (Å²) in [4.78, 5) is 31.0. The Morgan fingerprint density at radius 3 is 2.69 bits per heavy atom. The second-order valence-corrected chi connectivity index (χ2v) is 6.57. The number of carbonyl (C=O) groups is 1. The molecule has 1 amide bonds. The van der Waals surface area contributed by atoms with Crippen LogP contribution in [-0.4, -0.2) is 31.6 Å². The molecule has 1 aliphatic carbocycles. The molecule has 0 atom stereocenters. The van der Waals surface area contributed by atoms with E-state index in [0.717, 1.165) is 21.9 Å². The quantitative estimate of drug-likeness (QED) is 0.872. The third kappa shape index (κ3) is 4.23. The maximum Gasteiger partial charge on any atom is 0.433 e. The van der Waals surface area contributed by atoms with Gasteiger partial charge in [0.15, 0.2) is 5.69 Å². The Kier molecular flexibility index (Phi) is 5.28. The lowest BCUT2D eigenvalue weighted by molar-refractivity contribution is -0.141. The predicted octanol–water partition coefficient (Wildman–Crippen LogP) is 2.00. The minimum atomic E-state index is -4.73. The number of halogens is 3. The zero-order valence-corrected chi connectivity index (χ0v) is 14.1. The van der Waals surface area contributed by atoms with Gasteiger partial charge in [-0.15, -0.1) is 0 Å². The van der Waals surface area contributed by atoms with E-state index in [1.54, 1.807) is 0 Å². The fourth-order valence-electron chi connectivity index (χ4n) is 3.31. The summed E-state index contributed by atoms with van der Waals surface area (Å²) in [5, 5.41) is 2.78. The summed E-state index contributed by atoms with van der Waals surface area (Å²) in [6, 6.07) is 0.395. The molecule has 0 radical (unpaired) electrons. The van der Waals surface area contributed by atoms with Crippen LogP contribution in [0.25, 0.3) is 5.78 Å². The van der Waals surface area contributed by atoms with Crippen LogP contribution in [0.15, 0.2) is 17.2 Å². The molecule has 0 spiro atoms. The molecule has 0 bridgehead atoms. The van der Waals surface area contributed by atoms with Crippen LogP contribution in [0, 0.1) is 5.92 Å². The number of nitrogens with one attached hydrogen (secondary N) is 1. The first-order valence-electron chi connectivity index (χ1n) is 8.64. The molecule has 10 heteroatoms. The Bertz CT molecular complexity index is 837. The van der Waals surface area contributed by atoms with E-state index in [2.05, 4.69) is 15.3 Å². The van der Waals surface area contributed by atoms with Gasteiger partial charge in [-0.05, 0) is 12.3 Å². The van der Waals surface area contributed by atoms with Gasteiger partial charge in [0.05, 0.1) is 0 Å². The molecule has 26 heavy (non-hydrogen) atoms. The summed E-state index contributed by atoms with van der Waals surface area (Å²) >= 11 is 0. The average Bonchev–Trinajstić information content (AvgIpc) is 2.98. The zero-order valence-electron chi connectivity index (χ0n) is 14.1. The molecule has 1 fully saturated rings. The highest BCUT2D eigenvalue weighted by molar-refractivity contribution is 5.75. The Morgan fingerprint density at radius 2 is 2.00 bits per heavy atom. The molecule has 1 N–H and O–H groups in total. The second-order valence-electron chi connectivity index (χ2n) is 6.57. The van der Waals surface area contributed by atoms with E-state index in [9.17, 15) is 22.8 Å². The van der Waals surface area contributed by atoms with Gasteiger partial charge in [-0.2, -0.15) is 22.7 Å². The molecule has 7 nitrogen and oxygen atoms in total. The van der Waals surface area contributed by atoms with Crippen molar-refractivity contribution in [3.05, 3.63) is 28.4 Å². The number of fused-ring (bicyclic) bond motifs is 1. The molecule has 0 unspecified atom stereocenters. The number of nitrogens with zero attached hydrogens (tertiary/aromatic N) is 4. The molecule has 3 rings (SSSR count). The third-order valence-electron chi connectivity index (χ3n) is 4.64. The summed E-state index contributed by atoms with van der Waals surface area (Å²) in [6.07, 6.45) is 3.42. The van der Waals surface area contributed by atoms with Gasteiger partial charge in [-0.3, -0.25) is 14.3 Å². The Labute approximate surface area is 147 Å². The van der Waals surface area contributed by atoms with Gasteiger partial charge in [-0.1, -0.05) is 32.1 Å². The number of carbonyl (C=O) groups excluding carboxylic acids is 1. The SMILES string of the molecule is O=C(Cn1cnc2nc(C(F)(F)F)cc(=O)n21)NCCC1CCCCC1. The second kappa shape index (κ2) is 7.46. The first kappa shape index (κ1) is 18.4. The molecule has 0 aliphatic heterocycles. The maximum absolute atomic E-state index is 12.7. The summed E-state index contributed by atoms with van der Waals surface area (Å²) in [7, 11) is 0. The van der Waals surface area contributed by atoms with E-state index in [1.807, 2.05) is 0 Å². The van der Waals surface area contributed by atoms with Crippen LogP contribution in [-0.2, 0) is 17.5 Å². The van der Waals surface area contributed by atoms with Crippen molar-refractivity contribution < 1.29 is 18.0 Å². The molecule has 2 aromatic rings. The lowest BCUT2D eigenvalue weighted by Crippen LogP contribution is -2.32. The minimum absolute atomic E-state index is 0.214. The van der Waals surface area contributed by atoms with Crippen molar-refractivity contribution >= 4 is 11.7 Å². The normalized spacial score (nSPS) is 16.1. The lowest BCUT2D eigenvalue weighted by Gasteiger charge is -2.21. The van der Waals surface area contributed by atoms with Gasteiger partial charge < -0.3 is 5.32 Å². The maximum atomic E-state index is 12.7. The van der Waals surface area contributed by atoms with Crippen molar-refractivity contribution in [2.75, 3.05) is 6.54 Å². The van der Waals surface area contributed by atoms with Gasteiger partial charge in [-0.25, -0.2) is 4.98 Å². The fraction of sp³-hybridized carbons (Fsp3) is 0.625. The van der Waals surface area contributed by atoms with Gasteiger partial charge >= 0.3 is 6.18 Å². The van der Waals surface area contributed by atoms with E-state index in [-0.39, 0.29) is 18.2 Å². The predicted molar refractivity (Wildman–Crippen MR) is 86.5 cm³/mol. The number of rotatable bonds is 5. The third-order valence-corrected chi connectivity index (χ3v) is 4.64. The van der Waals surface area contributed by atoms with Crippen molar-refractivity contribution in [1.29, 1.82) is 0 Å². The smallest absolute Gasteiger partial charge is 0.354 e. The van der Waals surface area contributed by atoms with Crippen molar-refractivity contribution in [1.82, 2.24) is 24.5 Å². The molecular weight excluding hydrogens is 351 g/mol. The topological polar surface area (TPSA) is 81.3 Å². The summed E-state index contributed by atoms with van der Waals surface area (Å²) in [6.45, 7) is 0.329. The van der Waals surface area contributed by atoms with Crippen LogP contribution in [0.3, 0.4) is 0 Å². The van der Waals surface area contributed by atoms with Crippen molar-refractivity contribution in [3.63, 3.8) is 0 Å². The van der Waals surface area contributed by atoms with Gasteiger partial charge in [0.1, 0.15) is 12.9 Å². The summed E-state index contributed by atoms with van der Waals surface area (Å²) in [5.74, 6) is -0.0857. The van der Waals surface area contributed by atoms with E-state index >= 15 is 0 Å². The zero-order chi connectivity index (χ0) is 18.7. The van der Waals surface area contributed by atoms with Crippen molar-refractivity contribution in [3.8, 4) is 0 Å². The highest BCUT2D eigenvalue weighted by Gasteiger charge is 2.34. The highest BCUT2D eigenvalue weighted by Crippen LogP contribution is 2.27. The van der Waals surface area contributed by atoms with Crippen LogP contribution in [0.1, 0.15) is 44.2 Å². The van der Waals surface area contributed by atoms with Crippen LogP contribution in [0.2, 0.25) is 0 Å². The van der Waals surface area contributed by atoms with E-state index < -0.39 is 17.4 Å². The van der Waals surface area contributed by atoms with E-state index in [0.29, 0.717) is 18.5 Å². The fourth-order valence-corrected chi connectivity index (χ4v) is 3.31. The first-order valence-corrected chi connectivity index (χ1v) is 8.64. The Hall–Kier alpha value is -2.39. The number of aromatic nitrogens is 4. The Morgan fingerprint density at radius 1 is 1.27 bits per heavy atom. The van der Waals surface area contributed by atoms with Crippen molar-refractivity contribution in [2.24, 2.45) is 5.92 Å². The molecule has 1 aliphatic rings.